The van der Waals surface area contributed by atoms with E-state index in [1.807, 2.05) is 27.2 Å². The molecule has 0 saturated carbocycles. The molecule has 342 valence electrons. The van der Waals surface area contributed by atoms with Crippen molar-refractivity contribution in [2.24, 2.45) is 0 Å². The first-order chi connectivity index (χ1) is 28.0. The molecule has 0 aliphatic carbocycles. The van der Waals surface area contributed by atoms with Crippen molar-refractivity contribution >= 4 is 13.7 Å². The molecule has 0 heterocycles. The molecule has 0 spiro atoms. The number of nitrogens with zero attached hydrogens (tertiary/aromatic N) is 1. The lowest BCUT2D eigenvalue weighted by molar-refractivity contribution is -0.870. The molecule has 3 atom stereocenters. The van der Waals surface area contributed by atoms with Gasteiger partial charge in [-0.3, -0.25) is 9.36 Å². The van der Waals surface area contributed by atoms with Gasteiger partial charge in [-0.1, -0.05) is 192 Å². The van der Waals surface area contributed by atoms with Gasteiger partial charge in [0, 0.05) is 6.42 Å². The Morgan fingerprint density at radius 2 is 0.966 bits per heavy atom. The van der Waals surface area contributed by atoms with Crippen LogP contribution in [0.3, 0.4) is 0 Å². The van der Waals surface area contributed by atoms with Gasteiger partial charge in [0.2, 0.25) is 5.91 Å². The second-order valence-corrected chi connectivity index (χ2v) is 19.2. The van der Waals surface area contributed by atoms with E-state index in [9.17, 15) is 19.4 Å². The van der Waals surface area contributed by atoms with E-state index in [4.69, 9.17) is 9.05 Å². The summed E-state index contributed by atoms with van der Waals surface area (Å²) in [6, 6.07) is -0.899. The Labute approximate surface area is 359 Å². The Balaban J connectivity index is 4.08. The second-order valence-electron chi connectivity index (χ2n) is 17.8. The molecule has 58 heavy (non-hydrogen) atoms. The summed E-state index contributed by atoms with van der Waals surface area (Å²) in [4.78, 5) is 25.3. The van der Waals surface area contributed by atoms with Crippen molar-refractivity contribution in [1.82, 2.24) is 5.32 Å². The predicted molar refractivity (Wildman–Crippen MR) is 247 cm³/mol. The van der Waals surface area contributed by atoms with Gasteiger partial charge in [-0.05, 0) is 57.8 Å². The molecule has 0 aromatic heterocycles. The van der Waals surface area contributed by atoms with Gasteiger partial charge >= 0.3 is 0 Å². The van der Waals surface area contributed by atoms with Crippen LogP contribution in [0.2, 0.25) is 0 Å². The maximum atomic E-state index is 12.8. The summed E-state index contributed by atoms with van der Waals surface area (Å²) in [7, 11) is 1.24. The number of allylic oxidation sites excluding steroid dienone is 5. The highest BCUT2D eigenvalue weighted by Crippen LogP contribution is 2.38. The lowest BCUT2D eigenvalue weighted by atomic mass is 10.0. The highest BCUT2D eigenvalue weighted by molar-refractivity contribution is 7.45. The maximum absolute atomic E-state index is 12.8. The minimum Gasteiger partial charge on any atom is -0.756 e. The molecule has 0 aromatic carbocycles. The van der Waals surface area contributed by atoms with Crippen LogP contribution in [0.4, 0.5) is 0 Å². The molecule has 0 aliphatic rings. The molecule has 0 bridgehead atoms. The summed E-state index contributed by atoms with van der Waals surface area (Å²) >= 11 is 0. The molecule has 0 radical (unpaired) electrons. The fourth-order valence-corrected chi connectivity index (χ4v) is 7.65. The lowest BCUT2D eigenvalue weighted by Crippen LogP contribution is -2.45. The monoisotopic (exact) mass is 839 g/mol. The number of likely N-dealkylation sites (N-methyl/N-ethyl adjacent to an activating group) is 1. The number of hydrogen-bond acceptors (Lipinski definition) is 6. The average molecular weight is 839 g/mol. The van der Waals surface area contributed by atoms with Crippen LogP contribution in [0.1, 0.15) is 219 Å². The van der Waals surface area contributed by atoms with Gasteiger partial charge in [-0.15, -0.1) is 0 Å². The number of carbonyl (C=O) groups excluding carboxylic acids is 1. The Kier molecular flexibility index (Phi) is 40.2. The molecule has 0 rings (SSSR count). The first kappa shape index (κ1) is 56.7. The van der Waals surface area contributed by atoms with Crippen molar-refractivity contribution < 1.29 is 32.9 Å². The number of phosphoric ester groups is 1. The third kappa shape index (κ3) is 42.8. The first-order valence-electron chi connectivity index (χ1n) is 24.4. The number of aliphatic hydroxyl groups excluding tert-OH is 1. The Morgan fingerprint density at radius 1 is 0.586 bits per heavy atom. The number of hydrogen-bond donors (Lipinski definition) is 2. The quantitative estimate of drug-likeness (QED) is 0.0274. The molecule has 0 saturated heterocycles. The summed E-state index contributed by atoms with van der Waals surface area (Å²) < 4.78 is 23.1. The first-order valence-corrected chi connectivity index (χ1v) is 25.8. The molecule has 9 heteroatoms. The average Bonchev–Trinajstić information content (AvgIpc) is 3.17. The minimum absolute atomic E-state index is 0.00603. The van der Waals surface area contributed by atoms with E-state index in [1.165, 1.54) is 161 Å². The van der Waals surface area contributed by atoms with E-state index in [-0.39, 0.29) is 12.5 Å². The van der Waals surface area contributed by atoms with Crippen LogP contribution in [0.25, 0.3) is 0 Å². The van der Waals surface area contributed by atoms with Crippen molar-refractivity contribution in [3.05, 3.63) is 36.5 Å². The standard InChI is InChI=1S/C49H95N2O6P/c1-6-8-10-12-14-16-17-18-19-20-21-22-23-24-25-26-27-28-29-30-31-32-33-35-37-39-41-43-49(53)50-47(46-57-58(54,55)56-45-44-51(3,4)5)48(52)42-40-38-36-34-15-13-11-9-7-2/h15,20-21,34,40,42,47-48,52H,6-14,16-19,22-33,35-39,41,43-46H2,1-5H3,(H-,50,53,54,55)/b21-20-,34-15+,42-40+. The summed E-state index contributed by atoms with van der Waals surface area (Å²) in [5, 5.41) is 13.7. The fourth-order valence-electron chi connectivity index (χ4n) is 6.93. The molecule has 1 amide bonds. The van der Waals surface area contributed by atoms with Crippen molar-refractivity contribution in [3.63, 3.8) is 0 Å². The molecular formula is C49H95N2O6P. The van der Waals surface area contributed by atoms with Crippen LogP contribution in [-0.2, 0) is 18.4 Å². The van der Waals surface area contributed by atoms with Crippen LogP contribution < -0.4 is 10.2 Å². The summed E-state index contributed by atoms with van der Waals surface area (Å²) in [6.45, 7) is 4.57. The van der Waals surface area contributed by atoms with Crippen LogP contribution in [0, 0.1) is 0 Å². The van der Waals surface area contributed by atoms with E-state index in [2.05, 4.69) is 43.5 Å². The molecule has 0 fully saturated rings. The topological polar surface area (TPSA) is 108 Å². The van der Waals surface area contributed by atoms with Crippen molar-refractivity contribution in [1.29, 1.82) is 0 Å². The van der Waals surface area contributed by atoms with E-state index < -0.39 is 26.6 Å². The van der Waals surface area contributed by atoms with Gasteiger partial charge in [-0.25, -0.2) is 0 Å². The number of phosphoric acid groups is 1. The number of carbonyl (C=O) groups is 1. The van der Waals surface area contributed by atoms with Crippen molar-refractivity contribution in [2.75, 3.05) is 40.9 Å². The van der Waals surface area contributed by atoms with Crippen LogP contribution in [0.15, 0.2) is 36.5 Å². The van der Waals surface area contributed by atoms with E-state index in [0.717, 1.165) is 38.5 Å². The van der Waals surface area contributed by atoms with Crippen LogP contribution in [0.5, 0.6) is 0 Å². The smallest absolute Gasteiger partial charge is 0.268 e. The Bertz CT molecular complexity index is 1040. The van der Waals surface area contributed by atoms with E-state index in [0.29, 0.717) is 17.4 Å². The molecule has 0 aromatic rings. The molecule has 3 unspecified atom stereocenters. The second kappa shape index (κ2) is 41.1. The van der Waals surface area contributed by atoms with Gasteiger partial charge in [-0.2, -0.15) is 0 Å². The van der Waals surface area contributed by atoms with Crippen molar-refractivity contribution in [2.45, 2.75) is 231 Å². The van der Waals surface area contributed by atoms with Gasteiger partial charge in [0.1, 0.15) is 13.2 Å². The zero-order valence-corrected chi connectivity index (χ0v) is 39.6. The van der Waals surface area contributed by atoms with Crippen molar-refractivity contribution in [3.8, 4) is 0 Å². The van der Waals surface area contributed by atoms with Crippen LogP contribution in [-0.4, -0.2) is 68.5 Å². The predicted octanol–water partition coefficient (Wildman–Crippen LogP) is 13.2. The molecular weight excluding hydrogens is 744 g/mol. The number of aliphatic hydroxyl groups is 1. The Morgan fingerprint density at radius 3 is 1.43 bits per heavy atom. The van der Waals surface area contributed by atoms with E-state index >= 15 is 0 Å². The SMILES string of the molecule is CCCCC/C=C/CC/C=C/C(O)C(COP(=O)([O-])OCC[N+](C)(C)C)NC(=O)CCCCCCCCCCCCCCCCC/C=C\CCCCCCCCCC. The molecule has 2 N–H and O–H groups in total. The largest absolute Gasteiger partial charge is 0.756 e. The van der Waals surface area contributed by atoms with Gasteiger partial charge in [0.05, 0.1) is 39.9 Å². The third-order valence-corrected chi connectivity index (χ3v) is 11.8. The maximum Gasteiger partial charge on any atom is 0.268 e. The van der Waals surface area contributed by atoms with Gasteiger partial charge < -0.3 is 28.8 Å². The number of quaternary nitrogens is 1. The summed E-state index contributed by atoms with van der Waals surface area (Å²) in [5.74, 6) is -0.209. The fraction of sp³-hybridized carbons (Fsp3) is 0.857. The van der Waals surface area contributed by atoms with Gasteiger partial charge in [0.15, 0.2) is 0 Å². The van der Waals surface area contributed by atoms with Gasteiger partial charge in [0.25, 0.3) is 7.82 Å². The highest BCUT2D eigenvalue weighted by atomic mass is 31.2. The third-order valence-electron chi connectivity index (χ3n) is 10.8. The number of amides is 1. The summed E-state index contributed by atoms with van der Waals surface area (Å²) in [5.41, 5.74) is 0. The zero-order chi connectivity index (χ0) is 42.8. The highest BCUT2D eigenvalue weighted by Gasteiger charge is 2.23. The summed E-state index contributed by atoms with van der Waals surface area (Å²) in [6.07, 6.45) is 50.9. The normalized spacial score (nSPS) is 14.5. The Hall–Kier alpha value is -1.28. The van der Waals surface area contributed by atoms with E-state index in [1.54, 1.807) is 6.08 Å². The lowest BCUT2D eigenvalue weighted by Gasteiger charge is -2.29. The molecule has 8 nitrogen and oxygen atoms in total. The zero-order valence-electron chi connectivity index (χ0n) is 38.8. The number of rotatable bonds is 44. The van der Waals surface area contributed by atoms with Crippen LogP contribution >= 0.6 is 7.82 Å². The minimum atomic E-state index is -4.59. The molecule has 0 aliphatic heterocycles. The number of nitrogens with one attached hydrogen (secondary N) is 1. The number of unbranched alkanes of at least 4 members (excludes halogenated alkanes) is 27.